The van der Waals surface area contributed by atoms with Crippen LogP contribution >= 0.6 is 0 Å². The number of pyridine rings is 1. The van der Waals surface area contributed by atoms with Crippen LogP contribution in [0, 0.1) is 5.82 Å². The number of fused-ring (bicyclic) bond motifs is 1. The van der Waals surface area contributed by atoms with Crippen molar-refractivity contribution in [2.45, 2.75) is 13.5 Å². The average molecular weight is 367 g/mol. The smallest absolute Gasteiger partial charge is 0.238 e. The largest absolute Gasteiger partial charge is 0.495 e. The summed E-state index contributed by atoms with van der Waals surface area (Å²) in [5.41, 5.74) is 2.14. The van der Waals surface area contributed by atoms with E-state index in [2.05, 4.69) is 10.3 Å². The number of para-hydroxylation sites is 2. The molecule has 140 valence electrons. The molecule has 1 N–H and O–H groups in total. The summed E-state index contributed by atoms with van der Waals surface area (Å²) in [7, 11) is 1.56. The van der Waals surface area contributed by atoms with Gasteiger partial charge in [0.05, 0.1) is 24.9 Å². The third kappa shape index (κ3) is 4.60. The Hall–Kier alpha value is -2.99. The molecule has 0 saturated carbocycles. The molecule has 1 amide bonds. The lowest BCUT2D eigenvalue weighted by molar-refractivity contribution is -0.117. The molecule has 0 spiro atoms. The molecule has 6 heteroatoms. The second-order valence-corrected chi connectivity index (χ2v) is 6.19. The minimum Gasteiger partial charge on any atom is -0.495 e. The molecule has 0 unspecified atom stereocenters. The Morgan fingerprint density at radius 1 is 1.22 bits per heavy atom. The minimum atomic E-state index is -0.306. The maximum atomic E-state index is 13.9. The molecule has 27 heavy (non-hydrogen) atoms. The zero-order valence-corrected chi connectivity index (χ0v) is 15.4. The number of hydrogen-bond acceptors (Lipinski definition) is 4. The molecule has 3 rings (SSSR count). The second kappa shape index (κ2) is 8.60. The van der Waals surface area contributed by atoms with Gasteiger partial charge in [0.1, 0.15) is 11.6 Å². The highest BCUT2D eigenvalue weighted by molar-refractivity contribution is 5.93. The van der Waals surface area contributed by atoms with Crippen molar-refractivity contribution in [1.82, 2.24) is 9.88 Å². The van der Waals surface area contributed by atoms with Crippen LogP contribution in [0.25, 0.3) is 10.9 Å². The predicted molar refractivity (Wildman–Crippen MR) is 104 cm³/mol. The van der Waals surface area contributed by atoms with Crippen LogP contribution in [0.1, 0.15) is 12.5 Å². The second-order valence-electron chi connectivity index (χ2n) is 6.19. The number of hydrogen-bond donors (Lipinski definition) is 1. The first kappa shape index (κ1) is 18.8. The zero-order chi connectivity index (χ0) is 19.2. The highest BCUT2D eigenvalue weighted by atomic mass is 19.1. The Labute approximate surface area is 157 Å². The van der Waals surface area contributed by atoms with Gasteiger partial charge in [-0.3, -0.25) is 14.7 Å². The van der Waals surface area contributed by atoms with Gasteiger partial charge in [-0.25, -0.2) is 4.39 Å². The number of halogens is 1. The molecule has 0 bridgehead atoms. The minimum absolute atomic E-state index is 0.157. The van der Waals surface area contributed by atoms with E-state index in [0.29, 0.717) is 24.5 Å². The van der Waals surface area contributed by atoms with Crippen LogP contribution < -0.4 is 10.1 Å². The Morgan fingerprint density at radius 3 is 2.81 bits per heavy atom. The van der Waals surface area contributed by atoms with Crippen molar-refractivity contribution in [3.8, 4) is 5.75 Å². The standard InChI is InChI=1S/C21H22FN3O2/c1-3-25(14-20(26)24-18-8-4-5-9-19(18)27-2)13-16-12-17(22)11-15-7-6-10-23-21(15)16/h4-12H,3,13-14H2,1-2H3,(H,24,26). The Morgan fingerprint density at radius 2 is 2.04 bits per heavy atom. The number of carbonyl (C=O) groups excluding carboxylic acids is 1. The third-order valence-corrected chi connectivity index (χ3v) is 4.34. The summed E-state index contributed by atoms with van der Waals surface area (Å²) in [4.78, 5) is 18.8. The summed E-state index contributed by atoms with van der Waals surface area (Å²) in [6.07, 6.45) is 1.69. The van der Waals surface area contributed by atoms with Crippen LogP contribution in [-0.4, -0.2) is 36.0 Å². The molecule has 0 aliphatic rings. The maximum absolute atomic E-state index is 13.9. The Bertz CT molecular complexity index is 946. The molecule has 0 aliphatic carbocycles. The van der Waals surface area contributed by atoms with E-state index in [0.717, 1.165) is 16.5 Å². The van der Waals surface area contributed by atoms with Crippen LogP contribution in [-0.2, 0) is 11.3 Å². The van der Waals surface area contributed by atoms with E-state index in [9.17, 15) is 9.18 Å². The van der Waals surface area contributed by atoms with Gasteiger partial charge in [0.2, 0.25) is 5.91 Å². The molecule has 0 fully saturated rings. The number of amides is 1. The van der Waals surface area contributed by atoms with Gasteiger partial charge < -0.3 is 10.1 Å². The van der Waals surface area contributed by atoms with E-state index in [4.69, 9.17) is 4.74 Å². The summed E-state index contributed by atoms with van der Waals surface area (Å²) in [6.45, 7) is 3.22. The first-order chi connectivity index (χ1) is 13.1. The average Bonchev–Trinajstić information content (AvgIpc) is 2.67. The van der Waals surface area contributed by atoms with Crippen LogP contribution in [0.5, 0.6) is 5.75 Å². The number of aromatic nitrogens is 1. The fourth-order valence-electron chi connectivity index (χ4n) is 3.01. The van der Waals surface area contributed by atoms with Crippen LogP contribution in [0.2, 0.25) is 0 Å². The van der Waals surface area contributed by atoms with Crippen molar-refractivity contribution in [3.05, 3.63) is 66.1 Å². The summed E-state index contributed by atoms with van der Waals surface area (Å²) >= 11 is 0. The molecule has 2 aromatic carbocycles. The van der Waals surface area contributed by atoms with Crippen molar-refractivity contribution in [2.75, 3.05) is 25.5 Å². The molecule has 0 saturated heterocycles. The van der Waals surface area contributed by atoms with Crippen LogP contribution in [0.15, 0.2) is 54.7 Å². The quantitative estimate of drug-likeness (QED) is 0.689. The SMILES string of the molecule is CCN(CC(=O)Nc1ccccc1OC)Cc1cc(F)cc2cccnc12. The summed E-state index contributed by atoms with van der Waals surface area (Å²) in [6, 6.07) is 13.8. The third-order valence-electron chi connectivity index (χ3n) is 4.34. The van der Waals surface area contributed by atoms with Crippen molar-refractivity contribution in [2.24, 2.45) is 0 Å². The molecule has 0 radical (unpaired) electrons. The Kier molecular flexibility index (Phi) is 5.98. The summed E-state index contributed by atoms with van der Waals surface area (Å²) < 4.78 is 19.2. The number of methoxy groups -OCH3 is 1. The lowest BCUT2D eigenvalue weighted by atomic mass is 10.1. The number of anilines is 1. The summed E-state index contributed by atoms with van der Waals surface area (Å²) in [5.74, 6) is 0.143. The number of nitrogens with zero attached hydrogens (tertiary/aromatic N) is 2. The maximum Gasteiger partial charge on any atom is 0.238 e. The number of ether oxygens (including phenoxy) is 1. The van der Waals surface area contributed by atoms with Crippen LogP contribution in [0.3, 0.4) is 0 Å². The number of rotatable bonds is 7. The zero-order valence-electron chi connectivity index (χ0n) is 15.4. The Balaban J connectivity index is 1.74. The van der Waals surface area contributed by atoms with E-state index in [-0.39, 0.29) is 18.3 Å². The number of nitrogens with one attached hydrogen (secondary N) is 1. The molecule has 0 atom stereocenters. The molecular weight excluding hydrogens is 345 g/mol. The van der Waals surface area contributed by atoms with Gasteiger partial charge in [-0.15, -0.1) is 0 Å². The van der Waals surface area contributed by atoms with Crippen molar-refractivity contribution < 1.29 is 13.9 Å². The fourth-order valence-corrected chi connectivity index (χ4v) is 3.01. The van der Waals surface area contributed by atoms with Crippen molar-refractivity contribution in [1.29, 1.82) is 0 Å². The topological polar surface area (TPSA) is 54.5 Å². The van der Waals surface area contributed by atoms with E-state index in [1.54, 1.807) is 31.5 Å². The summed E-state index contributed by atoms with van der Waals surface area (Å²) in [5, 5.41) is 3.62. The molecular formula is C21H22FN3O2. The van der Waals surface area contributed by atoms with Gasteiger partial charge in [-0.05, 0) is 42.4 Å². The van der Waals surface area contributed by atoms with Gasteiger partial charge in [0.25, 0.3) is 0 Å². The van der Waals surface area contributed by atoms with Gasteiger partial charge >= 0.3 is 0 Å². The monoisotopic (exact) mass is 367 g/mol. The van der Waals surface area contributed by atoms with E-state index in [1.165, 1.54) is 12.1 Å². The van der Waals surface area contributed by atoms with E-state index >= 15 is 0 Å². The fraction of sp³-hybridized carbons (Fsp3) is 0.238. The van der Waals surface area contributed by atoms with Crippen LogP contribution in [0.4, 0.5) is 10.1 Å². The lowest BCUT2D eigenvalue weighted by Crippen LogP contribution is -2.33. The van der Waals surface area contributed by atoms with Gasteiger partial charge in [0, 0.05) is 18.1 Å². The van der Waals surface area contributed by atoms with Crippen molar-refractivity contribution >= 4 is 22.5 Å². The molecule has 1 aromatic heterocycles. The van der Waals surface area contributed by atoms with Gasteiger partial charge in [-0.2, -0.15) is 0 Å². The van der Waals surface area contributed by atoms with E-state index < -0.39 is 0 Å². The first-order valence-electron chi connectivity index (χ1n) is 8.79. The predicted octanol–water partition coefficient (Wildman–Crippen LogP) is 3.84. The highest BCUT2D eigenvalue weighted by Gasteiger charge is 2.14. The molecule has 3 aromatic rings. The number of carbonyl (C=O) groups is 1. The van der Waals surface area contributed by atoms with Gasteiger partial charge in [-0.1, -0.05) is 25.1 Å². The lowest BCUT2D eigenvalue weighted by Gasteiger charge is -2.21. The highest BCUT2D eigenvalue weighted by Crippen LogP contribution is 2.23. The van der Waals surface area contributed by atoms with E-state index in [1.807, 2.05) is 30.0 Å². The van der Waals surface area contributed by atoms with Gasteiger partial charge in [0.15, 0.2) is 0 Å². The number of benzene rings is 2. The first-order valence-corrected chi connectivity index (χ1v) is 8.79. The van der Waals surface area contributed by atoms with Crippen molar-refractivity contribution in [3.63, 3.8) is 0 Å². The molecule has 1 heterocycles. The molecule has 0 aliphatic heterocycles. The number of likely N-dealkylation sites (N-methyl/N-ethyl adjacent to an activating group) is 1. The molecule has 5 nitrogen and oxygen atoms in total. The normalized spacial score (nSPS) is 11.0.